The Morgan fingerprint density at radius 3 is 2.24 bits per heavy atom. The van der Waals surface area contributed by atoms with Crippen LogP contribution in [-0.2, 0) is 23.3 Å². The number of amides is 2. The summed E-state index contributed by atoms with van der Waals surface area (Å²) in [6.07, 6.45) is 1.15. The number of hydrogen-bond donors (Lipinski definition) is 2. The van der Waals surface area contributed by atoms with Gasteiger partial charge in [-0.25, -0.2) is 14.3 Å². The van der Waals surface area contributed by atoms with Gasteiger partial charge in [0, 0.05) is 26.2 Å². The maximum atomic E-state index is 14.6. The monoisotopic (exact) mass is 418 g/mol. The molecular formula is C20H23FN4O3S. The zero-order chi connectivity index (χ0) is 20.6. The van der Waals surface area contributed by atoms with Gasteiger partial charge >= 0.3 is 6.03 Å². The van der Waals surface area contributed by atoms with Crippen molar-refractivity contribution in [1.82, 2.24) is 9.21 Å². The smallest absolute Gasteiger partial charge is 0.316 e. The topological polar surface area (TPSA) is 95.7 Å². The molecule has 9 heteroatoms. The van der Waals surface area contributed by atoms with Gasteiger partial charge in [-0.05, 0) is 47.6 Å². The molecule has 0 saturated carbocycles. The van der Waals surface area contributed by atoms with E-state index in [1.807, 2.05) is 24.3 Å². The van der Waals surface area contributed by atoms with Crippen molar-refractivity contribution in [3.05, 3.63) is 65.0 Å². The molecule has 2 amide bonds. The predicted octanol–water partition coefficient (Wildman–Crippen LogP) is 2.76. The Bertz CT molecular complexity index is 1010. The summed E-state index contributed by atoms with van der Waals surface area (Å²) in [6.45, 7) is 1.65. The summed E-state index contributed by atoms with van der Waals surface area (Å²) in [5.74, 6) is -0.443. The number of halogens is 1. The number of anilines is 1. The van der Waals surface area contributed by atoms with Gasteiger partial charge in [-0.1, -0.05) is 30.3 Å². The molecule has 2 aromatic rings. The van der Waals surface area contributed by atoms with E-state index >= 15 is 0 Å². The van der Waals surface area contributed by atoms with Gasteiger partial charge in [0.05, 0.1) is 5.69 Å². The molecule has 2 heterocycles. The molecule has 1 fully saturated rings. The Morgan fingerprint density at radius 2 is 1.69 bits per heavy atom. The molecule has 1 saturated heterocycles. The van der Waals surface area contributed by atoms with Crippen molar-refractivity contribution in [1.29, 1.82) is 0 Å². The van der Waals surface area contributed by atoms with Gasteiger partial charge in [0.25, 0.3) is 10.2 Å². The van der Waals surface area contributed by atoms with E-state index in [0.29, 0.717) is 39.0 Å². The van der Waals surface area contributed by atoms with Crippen molar-refractivity contribution in [3.8, 4) is 0 Å². The van der Waals surface area contributed by atoms with E-state index in [-0.39, 0.29) is 17.6 Å². The summed E-state index contributed by atoms with van der Waals surface area (Å²) in [4.78, 5) is 14.2. The number of carbonyl (C=O) groups excluding carboxylic acids is 1. The maximum Gasteiger partial charge on any atom is 0.322 e. The molecule has 7 nitrogen and oxygen atoms in total. The van der Waals surface area contributed by atoms with E-state index < -0.39 is 16.0 Å². The highest BCUT2D eigenvalue weighted by molar-refractivity contribution is 7.86. The van der Waals surface area contributed by atoms with E-state index in [1.165, 1.54) is 10.4 Å². The largest absolute Gasteiger partial charge is 0.322 e. The lowest BCUT2D eigenvalue weighted by molar-refractivity contribution is 0.212. The molecule has 0 atom stereocenters. The average Bonchev–Trinajstić information content (AvgIpc) is 3.13. The van der Waals surface area contributed by atoms with Crippen LogP contribution in [0, 0.1) is 5.82 Å². The number of nitrogens with zero attached hydrogens (tertiary/aromatic N) is 2. The number of fused-ring (bicyclic) bond motifs is 1. The highest BCUT2D eigenvalue weighted by Crippen LogP contribution is 2.31. The number of nitrogens with two attached hydrogens (primary N) is 1. The summed E-state index contributed by atoms with van der Waals surface area (Å²) in [5.41, 5.74) is 3.13. The minimum absolute atomic E-state index is 0.0559. The summed E-state index contributed by atoms with van der Waals surface area (Å²) >= 11 is 0. The summed E-state index contributed by atoms with van der Waals surface area (Å²) < 4.78 is 38.7. The van der Waals surface area contributed by atoms with Gasteiger partial charge in [0.2, 0.25) is 0 Å². The van der Waals surface area contributed by atoms with Crippen LogP contribution >= 0.6 is 0 Å². The average molecular weight is 418 g/mol. The van der Waals surface area contributed by atoms with Crippen LogP contribution in [0.25, 0.3) is 0 Å². The molecule has 2 aliphatic heterocycles. The van der Waals surface area contributed by atoms with Crippen LogP contribution in [-0.4, -0.2) is 36.7 Å². The molecule has 0 aliphatic carbocycles. The lowest BCUT2D eigenvalue weighted by Crippen LogP contribution is -2.41. The zero-order valence-corrected chi connectivity index (χ0v) is 16.7. The number of carbonyl (C=O) groups is 1. The quantitative estimate of drug-likeness (QED) is 0.802. The molecule has 0 aromatic heterocycles. The highest BCUT2D eigenvalue weighted by atomic mass is 32.2. The lowest BCUT2D eigenvalue weighted by atomic mass is 9.90. The Balaban J connectivity index is 1.39. The van der Waals surface area contributed by atoms with E-state index in [4.69, 9.17) is 5.14 Å². The first-order chi connectivity index (χ1) is 13.8. The van der Waals surface area contributed by atoms with Crippen LogP contribution in [0.3, 0.4) is 0 Å². The van der Waals surface area contributed by atoms with E-state index in [9.17, 15) is 17.6 Å². The first-order valence-electron chi connectivity index (χ1n) is 9.51. The van der Waals surface area contributed by atoms with Crippen LogP contribution in [0.15, 0.2) is 42.5 Å². The van der Waals surface area contributed by atoms with Crippen molar-refractivity contribution in [2.75, 3.05) is 18.4 Å². The van der Waals surface area contributed by atoms with Gasteiger partial charge < -0.3 is 10.2 Å². The Kier molecular flexibility index (Phi) is 5.28. The summed E-state index contributed by atoms with van der Waals surface area (Å²) in [6, 6.07) is 12.3. The fourth-order valence-electron chi connectivity index (χ4n) is 4.00. The first-order valence-corrected chi connectivity index (χ1v) is 11.0. The molecule has 0 unspecified atom stereocenters. The van der Waals surface area contributed by atoms with Crippen LogP contribution in [0.1, 0.15) is 35.4 Å². The highest BCUT2D eigenvalue weighted by Gasteiger charge is 2.27. The Morgan fingerprint density at radius 1 is 1.07 bits per heavy atom. The van der Waals surface area contributed by atoms with Gasteiger partial charge in [0.1, 0.15) is 5.82 Å². The van der Waals surface area contributed by atoms with Crippen molar-refractivity contribution in [2.45, 2.75) is 31.8 Å². The third kappa shape index (κ3) is 4.26. The van der Waals surface area contributed by atoms with Crippen LogP contribution in [0.2, 0.25) is 0 Å². The normalized spacial score (nSPS) is 17.9. The van der Waals surface area contributed by atoms with Gasteiger partial charge in [-0.2, -0.15) is 12.7 Å². The van der Waals surface area contributed by atoms with Gasteiger partial charge in [-0.15, -0.1) is 0 Å². The summed E-state index contributed by atoms with van der Waals surface area (Å²) in [7, 11) is -3.68. The minimum Gasteiger partial charge on any atom is -0.316 e. The molecule has 0 spiro atoms. The molecule has 154 valence electrons. The van der Waals surface area contributed by atoms with Crippen molar-refractivity contribution in [2.24, 2.45) is 5.14 Å². The number of benzene rings is 2. The molecule has 4 rings (SSSR count). The second-order valence-electron chi connectivity index (χ2n) is 7.51. The predicted molar refractivity (Wildman–Crippen MR) is 108 cm³/mol. The molecule has 2 aromatic carbocycles. The number of hydrogen-bond acceptors (Lipinski definition) is 3. The Labute approximate surface area is 169 Å². The van der Waals surface area contributed by atoms with Gasteiger partial charge in [-0.3, -0.25) is 0 Å². The van der Waals surface area contributed by atoms with Crippen molar-refractivity contribution in [3.63, 3.8) is 0 Å². The standard InChI is InChI=1S/C20H23FN4O3S/c21-18-11-15(14-7-9-25(10-8-14)29(22,27)28)5-6-19(18)23-20(26)24-12-16-3-1-2-4-17(16)13-24/h1-6,11,14H,7-10,12-13H2,(H,23,26)(H2,22,27,28). The SMILES string of the molecule is NS(=O)(=O)N1CCC(c2ccc(NC(=O)N3Cc4ccccc4C3)c(F)c2)CC1. The Hall–Kier alpha value is -2.49. The molecule has 0 bridgehead atoms. The number of piperidine rings is 1. The van der Waals surface area contributed by atoms with E-state index in [0.717, 1.165) is 16.7 Å². The van der Waals surface area contributed by atoms with Crippen molar-refractivity contribution >= 4 is 21.9 Å². The molecule has 29 heavy (non-hydrogen) atoms. The molecule has 0 radical (unpaired) electrons. The third-order valence-corrected chi connectivity index (χ3v) is 6.73. The number of nitrogens with one attached hydrogen (secondary N) is 1. The zero-order valence-electron chi connectivity index (χ0n) is 15.8. The first kappa shape index (κ1) is 19.8. The molecule has 3 N–H and O–H groups in total. The fraction of sp³-hybridized carbons (Fsp3) is 0.350. The second kappa shape index (κ2) is 7.74. The minimum atomic E-state index is -3.68. The maximum absolute atomic E-state index is 14.6. The van der Waals surface area contributed by atoms with Crippen LogP contribution in [0.4, 0.5) is 14.9 Å². The van der Waals surface area contributed by atoms with Gasteiger partial charge in [0.15, 0.2) is 0 Å². The molecular weight excluding hydrogens is 395 g/mol. The van der Waals surface area contributed by atoms with E-state index in [2.05, 4.69) is 5.32 Å². The van der Waals surface area contributed by atoms with E-state index in [1.54, 1.807) is 17.0 Å². The fourth-order valence-corrected chi connectivity index (χ4v) is 4.72. The lowest BCUT2D eigenvalue weighted by Gasteiger charge is -2.30. The van der Waals surface area contributed by atoms with Crippen LogP contribution in [0.5, 0.6) is 0 Å². The second-order valence-corrected chi connectivity index (χ2v) is 9.06. The number of rotatable bonds is 3. The number of urea groups is 1. The molecule has 2 aliphatic rings. The summed E-state index contributed by atoms with van der Waals surface area (Å²) in [5, 5.41) is 7.81. The third-order valence-electron chi connectivity index (χ3n) is 5.65. The van der Waals surface area contributed by atoms with Crippen molar-refractivity contribution < 1.29 is 17.6 Å². The van der Waals surface area contributed by atoms with Crippen LogP contribution < -0.4 is 10.5 Å².